The third-order valence-corrected chi connectivity index (χ3v) is 2.74. The summed E-state index contributed by atoms with van der Waals surface area (Å²) in [4.78, 5) is 11.3. The molecule has 1 rings (SSSR count). The van der Waals surface area contributed by atoms with Crippen molar-refractivity contribution in [3.8, 4) is 0 Å². The molecule has 0 spiro atoms. The summed E-state index contributed by atoms with van der Waals surface area (Å²) in [6.07, 6.45) is 2.74. The van der Waals surface area contributed by atoms with Crippen molar-refractivity contribution in [2.75, 3.05) is 0 Å². The smallest absolute Gasteiger partial charge is 0.161 e. The van der Waals surface area contributed by atoms with Crippen LogP contribution in [-0.4, -0.2) is 16.5 Å². The minimum absolute atomic E-state index is 0.0810. The Morgan fingerprint density at radius 2 is 2.17 bits per heavy atom. The van der Waals surface area contributed by atoms with Crippen molar-refractivity contribution < 1.29 is 9.90 Å². The molecular formula is C10H16O2. The van der Waals surface area contributed by atoms with Crippen LogP contribution in [0.1, 0.15) is 33.6 Å². The normalized spacial score (nSPS) is 30.8. The fourth-order valence-corrected chi connectivity index (χ4v) is 1.37. The zero-order valence-corrected chi connectivity index (χ0v) is 7.92. The topological polar surface area (TPSA) is 37.3 Å². The van der Waals surface area contributed by atoms with Crippen molar-refractivity contribution in [2.45, 2.75) is 39.2 Å². The van der Waals surface area contributed by atoms with Gasteiger partial charge in [0.05, 0.1) is 5.60 Å². The third kappa shape index (κ3) is 1.58. The molecule has 1 N–H and O–H groups in total. The monoisotopic (exact) mass is 168 g/mol. The van der Waals surface area contributed by atoms with Gasteiger partial charge in [-0.25, -0.2) is 0 Å². The van der Waals surface area contributed by atoms with Gasteiger partial charge in [-0.15, -0.1) is 0 Å². The van der Waals surface area contributed by atoms with Gasteiger partial charge >= 0.3 is 0 Å². The standard InChI is InChI=1S/C10H16O2/c1-7(2)10(12)5-4-8(3)9(11)6-10/h4,7,12H,5-6H2,1-3H3. The number of rotatable bonds is 1. The molecule has 1 aliphatic carbocycles. The van der Waals surface area contributed by atoms with E-state index in [0.717, 1.165) is 5.57 Å². The Hall–Kier alpha value is -0.630. The lowest BCUT2D eigenvalue weighted by molar-refractivity contribution is -0.123. The van der Waals surface area contributed by atoms with Crippen molar-refractivity contribution >= 4 is 5.78 Å². The van der Waals surface area contributed by atoms with E-state index in [1.165, 1.54) is 0 Å². The molecule has 2 nitrogen and oxygen atoms in total. The number of hydrogen-bond acceptors (Lipinski definition) is 2. The molecule has 0 aromatic heterocycles. The van der Waals surface area contributed by atoms with E-state index >= 15 is 0 Å². The second-order valence-corrected chi connectivity index (χ2v) is 3.95. The van der Waals surface area contributed by atoms with Gasteiger partial charge < -0.3 is 5.11 Å². The van der Waals surface area contributed by atoms with E-state index in [1.807, 2.05) is 26.8 Å². The van der Waals surface area contributed by atoms with Gasteiger partial charge in [-0.1, -0.05) is 19.9 Å². The molecule has 1 aliphatic rings. The Bertz CT molecular complexity index is 228. The molecule has 0 aliphatic heterocycles. The zero-order chi connectivity index (χ0) is 9.35. The highest BCUT2D eigenvalue weighted by Gasteiger charge is 2.35. The molecule has 0 saturated heterocycles. The number of Topliss-reactive ketones (excluding diaryl/α,β-unsaturated/α-hetero) is 1. The lowest BCUT2D eigenvalue weighted by Gasteiger charge is -2.33. The van der Waals surface area contributed by atoms with Crippen LogP contribution in [0, 0.1) is 5.92 Å². The molecule has 0 amide bonds. The molecule has 0 radical (unpaired) electrons. The van der Waals surface area contributed by atoms with E-state index in [1.54, 1.807) is 0 Å². The van der Waals surface area contributed by atoms with E-state index in [2.05, 4.69) is 0 Å². The van der Waals surface area contributed by atoms with E-state index in [9.17, 15) is 9.90 Å². The largest absolute Gasteiger partial charge is 0.389 e. The Labute approximate surface area is 73.3 Å². The Balaban J connectivity index is 2.83. The Morgan fingerprint density at radius 1 is 1.58 bits per heavy atom. The molecule has 12 heavy (non-hydrogen) atoms. The van der Waals surface area contributed by atoms with Crippen LogP contribution in [0.4, 0.5) is 0 Å². The van der Waals surface area contributed by atoms with Crippen LogP contribution in [-0.2, 0) is 4.79 Å². The van der Waals surface area contributed by atoms with Crippen molar-refractivity contribution in [1.29, 1.82) is 0 Å². The van der Waals surface area contributed by atoms with Crippen LogP contribution in [0.25, 0.3) is 0 Å². The number of aliphatic hydroxyl groups is 1. The molecule has 0 bridgehead atoms. The molecule has 0 aromatic rings. The minimum atomic E-state index is -0.795. The predicted molar refractivity (Wildman–Crippen MR) is 47.8 cm³/mol. The molecule has 1 unspecified atom stereocenters. The first-order valence-corrected chi connectivity index (χ1v) is 4.38. The second kappa shape index (κ2) is 3.02. The summed E-state index contributed by atoms with van der Waals surface area (Å²) in [5, 5.41) is 9.97. The summed E-state index contributed by atoms with van der Waals surface area (Å²) in [5.74, 6) is 0.225. The van der Waals surface area contributed by atoms with Crippen LogP contribution in [0.3, 0.4) is 0 Å². The molecular weight excluding hydrogens is 152 g/mol. The lowest BCUT2D eigenvalue weighted by Crippen LogP contribution is -2.39. The fourth-order valence-electron chi connectivity index (χ4n) is 1.37. The quantitative estimate of drug-likeness (QED) is 0.646. The lowest BCUT2D eigenvalue weighted by atomic mass is 9.78. The van der Waals surface area contributed by atoms with Crippen molar-refractivity contribution in [3.63, 3.8) is 0 Å². The van der Waals surface area contributed by atoms with Gasteiger partial charge in [0.15, 0.2) is 5.78 Å². The van der Waals surface area contributed by atoms with E-state index in [0.29, 0.717) is 6.42 Å². The summed E-state index contributed by atoms with van der Waals surface area (Å²) in [5.41, 5.74) is -0.00308. The van der Waals surface area contributed by atoms with Gasteiger partial charge in [-0.2, -0.15) is 0 Å². The second-order valence-electron chi connectivity index (χ2n) is 3.95. The van der Waals surface area contributed by atoms with Crippen LogP contribution >= 0.6 is 0 Å². The van der Waals surface area contributed by atoms with Gasteiger partial charge in [0, 0.05) is 6.42 Å². The summed E-state index contributed by atoms with van der Waals surface area (Å²) >= 11 is 0. The average molecular weight is 168 g/mol. The fraction of sp³-hybridized carbons (Fsp3) is 0.700. The third-order valence-electron chi connectivity index (χ3n) is 2.74. The highest BCUT2D eigenvalue weighted by Crippen LogP contribution is 2.31. The maximum absolute atomic E-state index is 11.3. The van der Waals surface area contributed by atoms with E-state index < -0.39 is 5.60 Å². The number of allylic oxidation sites excluding steroid dienone is 1. The maximum Gasteiger partial charge on any atom is 0.161 e. The van der Waals surface area contributed by atoms with Crippen molar-refractivity contribution in [2.24, 2.45) is 5.92 Å². The molecule has 68 valence electrons. The first-order chi connectivity index (χ1) is 5.46. The van der Waals surface area contributed by atoms with Gasteiger partial charge in [0.2, 0.25) is 0 Å². The summed E-state index contributed by atoms with van der Waals surface area (Å²) < 4.78 is 0. The predicted octanol–water partition coefficient (Wildman–Crippen LogP) is 1.68. The molecule has 0 aromatic carbocycles. The highest BCUT2D eigenvalue weighted by atomic mass is 16.3. The summed E-state index contributed by atoms with van der Waals surface area (Å²) in [6, 6.07) is 0. The van der Waals surface area contributed by atoms with E-state index in [-0.39, 0.29) is 18.1 Å². The Kier molecular flexibility index (Phi) is 2.38. The zero-order valence-electron chi connectivity index (χ0n) is 7.92. The first kappa shape index (κ1) is 9.46. The average Bonchev–Trinajstić information content (AvgIpc) is 1.97. The summed E-state index contributed by atoms with van der Waals surface area (Å²) in [7, 11) is 0. The van der Waals surface area contributed by atoms with Crippen molar-refractivity contribution in [3.05, 3.63) is 11.6 Å². The molecule has 0 saturated carbocycles. The van der Waals surface area contributed by atoms with Gasteiger partial charge in [0.1, 0.15) is 0 Å². The molecule has 2 heteroatoms. The van der Waals surface area contributed by atoms with Crippen molar-refractivity contribution in [1.82, 2.24) is 0 Å². The van der Waals surface area contributed by atoms with Crippen LogP contribution in [0.5, 0.6) is 0 Å². The number of carbonyl (C=O) groups excluding carboxylic acids is 1. The highest BCUT2D eigenvalue weighted by molar-refractivity contribution is 5.96. The van der Waals surface area contributed by atoms with Gasteiger partial charge in [-0.3, -0.25) is 4.79 Å². The molecule has 1 atom stereocenters. The van der Waals surface area contributed by atoms with Crippen LogP contribution in [0.15, 0.2) is 11.6 Å². The van der Waals surface area contributed by atoms with E-state index in [4.69, 9.17) is 0 Å². The summed E-state index contributed by atoms with van der Waals surface area (Å²) in [6.45, 7) is 5.70. The van der Waals surface area contributed by atoms with Crippen LogP contribution in [0.2, 0.25) is 0 Å². The Morgan fingerprint density at radius 3 is 2.58 bits per heavy atom. The molecule has 0 fully saturated rings. The SMILES string of the molecule is CC1=CCC(O)(C(C)C)CC1=O. The van der Waals surface area contributed by atoms with Gasteiger partial charge in [-0.05, 0) is 24.8 Å². The minimum Gasteiger partial charge on any atom is -0.389 e. The number of carbonyl (C=O) groups is 1. The number of hydrogen-bond donors (Lipinski definition) is 1. The number of ketones is 1. The molecule has 0 heterocycles. The van der Waals surface area contributed by atoms with Crippen LogP contribution < -0.4 is 0 Å². The maximum atomic E-state index is 11.3. The first-order valence-electron chi connectivity index (χ1n) is 4.38. The van der Waals surface area contributed by atoms with Gasteiger partial charge in [0.25, 0.3) is 0 Å².